The summed E-state index contributed by atoms with van der Waals surface area (Å²) in [4.78, 5) is 0. The number of hydrogen-bond acceptors (Lipinski definition) is 0. The van der Waals surface area contributed by atoms with Crippen LogP contribution in [-0.2, 0) is 0 Å². The van der Waals surface area contributed by atoms with Crippen LogP contribution in [0.15, 0.2) is 72.8 Å². The fraction of sp³-hybridized carbons (Fsp3) is 0.429. The Kier molecular flexibility index (Phi) is 11.1. The van der Waals surface area contributed by atoms with Crippen molar-refractivity contribution in [2.24, 2.45) is 0 Å². The summed E-state index contributed by atoms with van der Waals surface area (Å²) in [5.41, 5.74) is 14.9. The van der Waals surface area contributed by atoms with E-state index in [1.807, 2.05) is 0 Å². The quantitative estimate of drug-likeness (QED) is 0.147. The van der Waals surface area contributed by atoms with Crippen molar-refractivity contribution in [2.75, 3.05) is 0 Å². The van der Waals surface area contributed by atoms with E-state index in [1.54, 1.807) is 3.58 Å². The van der Waals surface area contributed by atoms with Crippen molar-refractivity contribution < 1.29 is 0 Å². The van der Waals surface area contributed by atoms with Gasteiger partial charge in [-0.15, -0.1) is 0 Å². The molecular formula is C42H54Sn. The van der Waals surface area contributed by atoms with E-state index < -0.39 is 21.1 Å². The van der Waals surface area contributed by atoms with Crippen LogP contribution in [0.4, 0.5) is 0 Å². The molecule has 0 aliphatic carbocycles. The van der Waals surface area contributed by atoms with Crippen molar-refractivity contribution in [2.45, 2.75) is 119 Å². The van der Waals surface area contributed by atoms with Gasteiger partial charge in [0.25, 0.3) is 0 Å². The van der Waals surface area contributed by atoms with Gasteiger partial charge in [-0.3, -0.25) is 0 Å². The normalized spacial score (nSPS) is 12.1. The molecule has 226 valence electrons. The average molecular weight is 678 g/mol. The third kappa shape index (κ3) is 7.33. The fourth-order valence-corrected chi connectivity index (χ4v) is 10.1. The standard InChI is InChI=1S/C36H49.C6H5.Sn/c1-21(2)29-17-31(23(5)6)35(32(18-29)24(7)8)27-14-13-15-28(16-27)36-33(25(9)10)19-30(22(3)4)20-34(36)26(11)12;1-2-4-6-5-3-1;/h13-15,17-26H,1-12H3;1-5H;. The molecule has 0 saturated carbocycles. The van der Waals surface area contributed by atoms with Crippen LogP contribution in [0, 0.1) is 0 Å². The van der Waals surface area contributed by atoms with Crippen LogP contribution in [0.1, 0.15) is 152 Å². The van der Waals surface area contributed by atoms with Gasteiger partial charge in [0.1, 0.15) is 0 Å². The molecule has 0 unspecified atom stereocenters. The van der Waals surface area contributed by atoms with Gasteiger partial charge in [-0.25, -0.2) is 0 Å². The molecule has 2 radical (unpaired) electrons. The molecule has 0 fully saturated rings. The van der Waals surface area contributed by atoms with E-state index in [2.05, 4.69) is 156 Å². The Morgan fingerprint density at radius 2 is 0.744 bits per heavy atom. The Labute approximate surface area is 274 Å². The van der Waals surface area contributed by atoms with Gasteiger partial charge < -0.3 is 0 Å². The summed E-state index contributed by atoms with van der Waals surface area (Å²) in [5.74, 6) is 2.83. The zero-order valence-electron chi connectivity index (χ0n) is 28.9. The van der Waals surface area contributed by atoms with E-state index in [1.165, 1.54) is 59.2 Å². The molecule has 0 saturated heterocycles. The van der Waals surface area contributed by atoms with Crippen molar-refractivity contribution in [3.8, 4) is 22.3 Å². The molecule has 4 aromatic rings. The first-order valence-electron chi connectivity index (χ1n) is 16.6. The summed E-state index contributed by atoms with van der Waals surface area (Å²) in [6, 6.07) is 28.7. The third-order valence-corrected chi connectivity index (χ3v) is 12.9. The summed E-state index contributed by atoms with van der Waals surface area (Å²) in [6.45, 7) is 28.4. The molecule has 0 N–H and O–H groups in total. The van der Waals surface area contributed by atoms with Crippen LogP contribution in [-0.4, -0.2) is 21.1 Å². The SMILES string of the molecule is CC(C)c1cc(C(C)C)c(-c2cccc(-c3c(C(C)C)cc(C(C)C)cc3C(C)C)[c]2[Sn][c]2ccccc2)c(C(C)C)c1. The van der Waals surface area contributed by atoms with Crippen molar-refractivity contribution in [1.82, 2.24) is 0 Å². The van der Waals surface area contributed by atoms with E-state index in [-0.39, 0.29) is 0 Å². The first-order chi connectivity index (χ1) is 20.3. The summed E-state index contributed by atoms with van der Waals surface area (Å²) >= 11 is -1.17. The van der Waals surface area contributed by atoms with Crippen LogP contribution in [0.25, 0.3) is 22.3 Å². The summed E-state index contributed by atoms with van der Waals surface area (Å²) < 4.78 is 3.16. The van der Waals surface area contributed by atoms with Crippen molar-refractivity contribution in [3.05, 3.63) is 106 Å². The van der Waals surface area contributed by atoms with Crippen LogP contribution >= 0.6 is 0 Å². The Balaban J connectivity index is 2.19. The monoisotopic (exact) mass is 678 g/mol. The molecule has 0 bridgehead atoms. The predicted octanol–water partition coefficient (Wildman–Crippen LogP) is 11.4. The maximum atomic E-state index is 2.52. The molecule has 0 atom stereocenters. The summed E-state index contributed by atoms with van der Waals surface area (Å²) in [5, 5.41) is 0. The third-order valence-electron chi connectivity index (χ3n) is 8.91. The summed E-state index contributed by atoms with van der Waals surface area (Å²) in [7, 11) is 0. The van der Waals surface area contributed by atoms with Crippen molar-refractivity contribution >= 4 is 28.3 Å². The molecule has 0 aromatic heterocycles. The first kappa shape index (κ1) is 33.6. The molecule has 0 aliphatic heterocycles. The van der Waals surface area contributed by atoms with E-state index in [0.717, 1.165) is 0 Å². The zero-order valence-corrected chi connectivity index (χ0v) is 31.7. The zero-order chi connectivity index (χ0) is 31.6. The van der Waals surface area contributed by atoms with Gasteiger partial charge in [0.2, 0.25) is 0 Å². The van der Waals surface area contributed by atoms with Crippen LogP contribution in [0.5, 0.6) is 0 Å². The second kappa shape index (κ2) is 14.2. The van der Waals surface area contributed by atoms with Gasteiger partial charge in [0.15, 0.2) is 0 Å². The van der Waals surface area contributed by atoms with E-state index in [9.17, 15) is 0 Å². The molecule has 4 aromatic carbocycles. The Morgan fingerprint density at radius 3 is 1.05 bits per heavy atom. The number of benzene rings is 4. The second-order valence-electron chi connectivity index (χ2n) is 14.3. The minimum atomic E-state index is -1.17. The minimum absolute atomic E-state index is 0.451. The Morgan fingerprint density at radius 1 is 0.395 bits per heavy atom. The molecular weight excluding hydrogens is 623 g/mol. The van der Waals surface area contributed by atoms with Crippen molar-refractivity contribution in [3.63, 3.8) is 0 Å². The van der Waals surface area contributed by atoms with Crippen molar-refractivity contribution in [1.29, 1.82) is 0 Å². The van der Waals surface area contributed by atoms with Gasteiger partial charge in [-0.05, 0) is 0 Å². The number of rotatable bonds is 10. The van der Waals surface area contributed by atoms with Crippen LogP contribution in [0.2, 0.25) is 0 Å². The molecule has 0 heterocycles. The van der Waals surface area contributed by atoms with Gasteiger partial charge >= 0.3 is 275 Å². The molecule has 43 heavy (non-hydrogen) atoms. The molecule has 0 nitrogen and oxygen atoms in total. The fourth-order valence-electron chi connectivity index (χ4n) is 6.30. The first-order valence-corrected chi connectivity index (χ1v) is 19.5. The van der Waals surface area contributed by atoms with E-state index >= 15 is 0 Å². The van der Waals surface area contributed by atoms with E-state index in [0.29, 0.717) is 35.5 Å². The van der Waals surface area contributed by atoms with Gasteiger partial charge in [-0.2, -0.15) is 0 Å². The summed E-state index contributed by atoms with van der Waals surface area (Å²) in [6.07, 6.45) is 0. The molecule has 4 rings (SSSR count). The molecule has 0 spiro atoms. The molecule has 0 aliphatic rings. The van der Waals surface area contributed by atoms with E-state index in [4.69, 9.17) is 0 Å². The Hall–Kier alpha value is -2.32. The topological polar surface area (TPSA) is 0 Å². The van der Waals surface area contributed by atoms with Gasteiger partial charge in [0.05, 0.1) is 0 Å². The van der Waals surface area contributed by atoms with Gasteiger partial charge in [-0.1, -0.05) is 0 Å². The van der Waals surface area contributed by atoms with Crippen LogP contribution in [0.3, 0.4) is 0 Å². The van der Waals surface area contributed by atoms with Crippen LogP contribution < -0.4 is 7.16 Å². The van der Waals surface area contributed by atoms with Gasteiger partial charge in [0, 0.05) is 0 Å². The maximum absolute atomic E-state index is 2.52. The average Bonchev–Trinajstić information content (AvgIpc) is 2.96. The second-order valence-corrected chi connectivity index (χ2v) is 18.1. The molecule has 1 heteroatoms. The molecule has 0 amide bonds. The Bertz CT molecular complexity index is 1380. The number of hydrogen-bond donors (Lipinski definition) is 0. The predicted molar refractivity (Wildman–Crippen MR) is 193 cm³/mol.